The summed E-state index contributed by atoms with van der Waals surface area (Å²) in [5.74, 6) is -0.105. The van der Waals surface area contributed by atoms with Gasteiger partial charge >= 0.3 is 0 Å². The summed E-state index contributed by atoms with van der Waals surface area (Å²) in [6, 6.07) is 18.6. The molecule has 3 N–H and O–H groups in total. The van der Waals surface area contributed by atoms with E-state index in [1.807, 2.05) is 30.3 Å². The predicted molar refractivity (Wildman–Crippen MR) is 117 cm³/mol. The van der Waals surface area contributed by atoms with E-state index in [1.165, 1.54) is 11.3 Å². The van der Waals surface area contributed by atoms with E-state index in [0.717, 1.165) is 31.5 Å². The summed E-state index contributed by atoms with van der Waals surface area (Å²) >= 11 is 0. The minimum Gasteiger partial charge on any atom is -0.371 e. The molecule has 0 spiro atoms. The third kappa shape index (κ3) is 4.56. The van der Waals surface area contributed by atoms with Crippen molar-refractivity contribution in [3.05, 3.63) is 65.7 Å². The van der Waals surface area contributed by atoms with Crippen molar-refractivity contribution in [1.82, 2.24) is 5.32 Å². The fourth-order valence-electron chi connectivity index (χ4n) is 3.71. The van der Waals surface area contributed by atoms with E-state index in [9.17, 15) is 4.79 Å². The average molecular weight is 380 g/mol. The fraction of sp³-hybridized carbons (Fsp3) is 0.458. The van der Waals surface area contributed by atoms with Crippen molar-refractivity contribution in [2.24, 2.45) is 5.73 Å². The van der Waals surface area contributed by atoms with E-state index >= 15 is 0 Å². The molecule has 2 aromatic rings. The zero-order valence-electron chi connectivity index (χ0n) is 17.5. The second kappa shape index (κ2) is 7.96. The smallest absolute Gasteiger partial charge is 0.244 e. The molecule has 1 amide bonds. The highest BCUT2D eigenvalue weighted by Crippen LogP contribution is 2.27. The summed E-state index contributed by atoms with van der Waals surface area (Å²) in [6.07, 6.45) is 1.86. The van der Waals surface area contributed by atoms with Crippen LogP contribution in [0.4, 0.5) is 5.69 Å². The lowest BCUT2D eigenvalue weighted by molar-refractivity contribution is -0.127. The minimum absolute atomic E-state index is 0.105. The van der Waals surface area contributed by atoms with Gasteiger partial charge in [0.25, 0.3) is 0 Å². The Bertz CT molecular complexity index is 783. The molecule has 1 heterocycles. The molecule has 28 heavy (non-hydrogen) atoms. The molecule has 0 saturated carbocycles. The number of carbonyl (C=O) groups is 1. The van der Waals surface area contributed by atoms with E-state index in [1.54, 1.807) is 6.92 Å². The Hall–Kier alpha value is -2.33. The minimum atomic E-state index is -1.01. The van der Waals surface area contributed by atoms with Gasteiger partial charge in [-0.15, -0.1) is 0 Å². The van der Waals surface area contributed by atoms with Gasteiger partial charge in [-0.2, -0.15) is 0 Å². The van der Waals surface area contributed by atoms with E-state index < -0.39 is 5.54 Å². The van der Waals surface area contributed by atoms with Gasteiger partial charge in [0, 0.05) is 24.8 Å². The zero-order valence-corrected chi connectivity index (χ0v) is 17.5. The van der Waals surface area contributed by atoms with Crippen molar-refractivity contribution in [2.75, 3.05) is 18.0 Å². The van der Waals surface area contributed by atoms with Crippen LogP contribution >= 0.6 is 0 Å². The van der Waals surface area contributed by atoms with Crippen LogP contribution < -0.4 is 16.0 Å². The summed E-state index contributed by atoms with van der Waals surface area (Å²) in [5.41, 5.74) is 8.94. The highest BCUT2D eigenvalue weighted by molar-refractivity contribution is 5.87. The van der Waals surface area contributed by atoms with Crippen LogP contribution in [0.5, 0.6) is 0 Å². The van der Waals surface area contributed by atoms with Crippen LogP contribution in [-0.4, -0.2) is 25.0 Å². The van der Waals surface area contributed by atoms with Gasteiger partial charge in [0.15, 0.2) is 0 Å². The summed E-state index contributed by atoms with van der Waals surface area (Å²) in [7, 11) is 0. The Morgan fingerprint density at radius 3 is 2.04 bits per heavy atom. The molecular formula is C24H33N3O. The maximum atomic E-state index is 12.8. The first-order valence-corrected chi connectivity index (χ1v) is 10.2. The highest BCUT2D eigenvalue weighted by atomic mass is 16.2. The zero-order chi connectivity index (χ0) is 20.4. The molecular weight excluding hydrogens is 346 g/mol. The number of amides is 1. The Balaban J connectivity index is 1.56. The Morgan fingerprint density at radius 1 is 0.929 bits per heavy atom. The fourth-order valence-corrected chi connectivity index (χ4v) is 3.71. The van der Waals surface area contributed by atoms with Crippen LogP contribution in [0.15, 0.2) is 54.6 Å². The predicted octanol–water partition coefficient (Wildman–Crippen LogP) is 3.94. The highest BCUT2D eigenvalue weighted by Gasteiger charge is 2.32. The second-order valence-corrected chi connectivity index (χ2v) is 9.10. The number of hydrogen-bond donors (Lipinski definition) is 2. The Morgan fingerprint density at radius 2 is 1.50 bits per heavy atom. The molecule has 1 aliphatic rings. The lowest BCUT2D eigenvalue weighted by Gasteiger charge is -2.36. The number of rotatable bonds is 4. The number of nitrogens with two attached hydrogens (primary N) is 1. The summed E-state index contributed by atoms with van der Waals surface area (Å²) in [6.45, 7) is 10.4. The molecule has 1 fully saturated rings. The van der Waals surface area contributed by atoms with Gasteiger partial charge in [0.1, 0.15) is 5.54 Å². The summed E-state index contributed by atoms with van der Waals surface area (Å²) in [4.78, 5) is 15.2. The van der Waals surface area contributed by atoms with Crippen molar-refractivity contribution in [2.45, 2.75) is 57.5 Å². The topological polar surface area (TPSA) is 58.4 Å². The molecule has 2 aromatic carbocycles. The number of hydrogen-bond acceptors (Lipinski definition) is 3. The standard InChI is InChI=1S/C24H33N3O/c1-23(2,3)18-10-12-21(13-11-18)27-16-14-20(15-17-27)26-22(28)24(4,25)19-8-6-5-7-9-19/h5-13,20H,14-17,25H2,1-4H3,(H,26,28). The normalized spacial score (nSPS) is 17.8. The van der Waals surface area contributed by atoms with Crippen molar-refractivity contribution in [1.29, 1.82) is 0 Å². The molecule has 4 heteroatoms. The SMILES string of the molecule is CC(C)(C)c1ccc(N2CCC(NC(=O)C(C)(N)c3ccccc3)CC2)cc1. The quantitative estimate of drug-likeness (QED) is 0.846. The Kier molecular flexibility index (Phi) is 5.80. The molecule has 0 aliphatic carbocycles. The number of nitrogens with one attached hydrogen (secondary N) is 1. The van der Waals surface area contributed by atoms with Crippen LogP contribution in [-0.2, 0) is 15.7 Å². The van der Waals surface area contributed by atoms with Gasteiger partial charge in [-0.1, -0.05) is 63.2 Å². The van der Waals surface area contributed by atoms with Gasteiger partial charge in [-0.3, -0.25) is 4.79 Å². The number of anilines is 1. The molecule has 150 valence electrons. The summed E-state index contributed by atoms with van der Waals surface area (Å²) in [5, 5.41) is 3.17. The molecule has 4 nitrogen and oxygen atoms in total. The third-order valence-corrected chi connectivity index (χ3v) is 5.77. The maximum Gasteiger partial charge on any atom is 0.244 e. The van der Waals surface area contributed by atoms with Gasteiger partial charge in [0.2, 0.25) is 5.91 Å². The molecule has 1 unspecified atom stereocenters. The van der Waals surface area contributed by atoms with Crippen LogP contribution in [0.3, 0.4) is 0 Å². The molecule has 3 rings (SSSR count). The van der Waals surface area contributed by atoms with E-state index in [-0.39, 0.29) is 17.4 Å². The Labute approximate surface area is 169 Å². The first-order chi connectivity index (χ1) is 13.2. The van der Waals surface area contributed by atoms with Gasteiger partial charge in [0.05, 0.1) is 0 Å². The van der Waals surface area contributed by atoms with Crippen LogP contribution in [0, 0.1) is 0 Å². The van der Waals surface area contributed by atoms with Crippen molar-refractivity contribution in [3.63, 3.8) is 0 Å². The largest absolute Gasteiger partial charge is 0.371 e. The third-order valence-electron chi connectivity index (χ3n) is 5.77. The lowest BCUT2D eigenvalue weighted by atomic mass is 9.87. The van der Waals surface area contributed by atoms with Crippen LogP contribution in [0.25, 0.3) is 0 Å². The van der Waals surface area contributed by atoms with Gasteiger partial charge in [-0.25, -0.2) is 0 Å². The first kappa shape index (κ1) is 20.4. The maximum absolute atomic E-state index is 12.8. The van der Waals surface area contributed by atoms with Crippen molar-refractivity contribution < 1.29 is 4.79 Å². The van der Waals surface area contributed by atoms with Gasteiger partial charge in [-0.05, 0) is 48.4 Å². The number of piperidine rings is 1. The molecule has 0 aromatic heterocycles. The number of benzene rings is 2. The van der Waals surface area contributed by atoms with E-state index in [2.05, 4.69) is 55.3 Å². The van der Waals surface area contributed by atoms with Crippen LogP contribution in [0.1, 0.15) is 51.7 Å². The summed E-state index contributed by atoms with van der Waals surface area (Å²) < 4.78 is 0. The average Bonchev–Trinajstić information content (AvgIpc) is 2.68. The van der Waals surface area contributed by atoms with Crippen LogP contribution in [0.2, 0.25) is 0 Å². The molecule has 0 radical (unpaired) electrons. The van der Waals surface area contributed by atoms with E-state index in [4.69, 9.17) is 5.73 Å². The molecule has 1 atom stereocenters. The number of nitrogens with zero attached hydrogens (tertiary/aromatic N) is 1. The molecule has 0 bridgehead atoms. The molecule has 1 saturated heterocycles. The first-order valence-electron chi connectivity index (χ1n) is 10.2. The van der Waals surface area contributed by atoms with Crippen molar-refractivity contribution in [3.8, 4) is 0 Å². The van der Waals surface area contributed by atoms with Crippen molar-refractivity contribution >= 4 is 11.6 Å². The van der Waals surface area contributed by atoms with E-state index in [0.29, 0.717) is 0 Å². The lowest BCUT2D eigenvalue weighted by Crippen LogP contribution is -2.54. The second-order valence-electron chi connectivity index (χ2n) is 9.10. The monoisotopic (exact) mass is 379 g/mol. The number of carbonyl (C=O) groups excluding carboxylic acids is 1. The van der Waals surface area contributed by atoms with Gasteiger partial charge < -0.3 is 16.0 Å². The molecule has 1 aliphatic heterocycles.